The number of carbonyl (C=O) groups is 1. The van der Waals surface area contributed by atoms with E-state index in [1.54, 1.807) is 24.5 Å². The lowest BCUT2D eigenvalue weighted by Gasteiger charge is -2.21. The van der Waals surface area contributed by atoms with Gasteiger partial charge in [0.1, 0.15) is 0 Å². The van der Waals surface area contributed by atoms with Crippen molar-refractivity contribution >= 4 is 45.2 Å². The van der Waals surface area contributed by atoms with Crippen molar-refractivity contribution in [2.75, 3.05) is 0 Å². The predicted octanol–water partition coefficient (Wildman–Crippen LogP) is 5.49. The first-order valence-corrected chi connectivity index (χ1v) is 11.9. The molecule has 5 aromatic rings. The van der Waals surface area contributed by atoms with Crippen LogP contribution in [0, 0.1) is 0 Å². The van der Waals surface area contributed by atoms with Gasteiger partial charge in [0.15, 0.2) is 0 Å². The number of H-pyrrole nitrogens is 1. The van der Waals surface area contributed by atoms with E-state index in [1.807, 2.05) is 54.6 Å². The van der Waals surface area contributed by atoms with Crippen LogP contribution in [0.25, 0.3) is 33.1 Å². The SMILES string of the molecule is CC(=O)N1N=C(c2c(-c3ccc(Cl)cc3)c3ccccc3[nH]c2=O)C[C@@H]1c1cccc2nccnc12. The Kier molecular flexibility index (Phi) is 5.34. The third kappa shape index (κ3) is 3.65. The molecule has 3 heterocycles. The largest absolute Gasteiger partial charge is 0.321 e. The van der Waals surface area contributed by atoms with Gasteiger partial charge in [-0.1, -0.05) is 54.1 Å². The van der Waals surface area contributed by atoms with Crippen LogP contribution in [-0.4, -0.2) is 31.6 Å². The van der Waals surface area contributed by atoms with E-state index in [0.717, 1.165) is 33.1 Å². The highest BCUT2D eigenvalue weighted by Gasteiger charge is 2.35. The van der Waals surface area contributed by atoms with Crippen LogP contribution >= 0.6 is 11.6 Å². The molecule has 0 aliphatic carbocycles. The lowest BCUT2D eigenvalue weighted by atomic mass is 9.90. The standard InChI is InChI=1S/C28H20ClN5O2/c1-16(35)34-24(20-6-4-8-22-27(20)31-14-13-30-22)15-23(33-34)26-25(17-9-11-18(29)12-10-17)19-5-2-3-7-21(19)32-28(26)36/h2-14,24H,15H2,1H3,(H,32,36)/t24-/m1/s1. The monoisotopic (exact) mass is 493 g/mol. The van der Waals surface area contributed by atoms with Gasteiger partial charge in [0, 0.05) is 52.8 Å². The molecule has 176 valence electrons. The summed E-state index contributed by atoms with van der Waals surface area (Å²) in [5, 5.41) is 7.63. The van der Waals surface area contributed by atoms with E-state index in [1.165, 1.54) is 11.9 Å². The van der Waals surface area contributed by atoms with Gasteiger partial charge in [0.25, 0.3) is 5.56 Å². The summed E-state index contributed by atoms with van der Waals surface area (Å²) in [5.74, 6) is -0.221. The smallest absolute Gasteiger partial charge is 0.258 e. The quantitative estimate of drug-likeness (QED) is 0.360. The first-order chi connectivity index (χ1) is 17.5. The maximum Gasteiger partial charge on any atom is 0.258 e. The average molecular weight is 494 g/mol. The van der Waals surface area contributed by atoms with Gasteiger partial charge in [-0.05, 0) is 29.8 Å². The minimum absolute atomic E-state index is 0.221. The Morgan fingerprint density at radius 2 is 1.75 bits per heavy atom. The molecule has 6 rings (SSSR count). The molecule has 1 aliphatic heterocycles. The molecule has 0 spiro atoms. The highest BCUT2D eigenvalue weighted by Crippen LogP contribution is 2.38. The number of pyridine rings is 1. The van der Waals surface area contributed by atoms with Crippen molar-refractivity contribution in [2.45, 2.75) is 19.4 Å². The molecular weight excluding hydrogens is 474 g/mol. The zero-order valence-electron chi connectivity index (χ0n) is 19.3. The second kappa shape index (κ2) is 8.70. The maximum absolute atomic E-state index is 13.5. The van der Waals surface area contributed by atoms with Crippen LogP contribution in [0.5, 0.6) is 0 Å². The van der Waals surface area contributed by atoms with Crippen molar-refractivity contribution in [2.24, 2.45) is 5.10 Å². The van der Waals surface area contributed by atoms with E-state index in [4.69, 9.17) is 16.7 Å². The van der Waals surface area contributed by atoms with E-state index >= 15 is 0 Å². The van der Waals surface area contributed by atoms with Crippen LogP contribution in [0.3, 0.4) is 0 Å². The van der Waals surface area contributed by atoms with Gasteiger partial charge in [-0.15, -0.1) is 0 Å². The lowest BCUT2D eigenvalue weighted by molar-refractivity contribution is -0.130. The van der Waals surface area contributed by atoms with Crippen LogP contribution in [0.1, 0.15) is 30.5 Å². The number of hydrogen-bond donors (Lipinski definition) is 1. The molecule has 8 heteroatoms. The number of carbonyl (C=O) groups excluding carboxylic acids is 1. The number of amides is 1. The molecule has 1 amide bonds. The molecular formula is C28H20ClN5O2. The van der Waals surface area contributed by atoms with E-state index in [0.29, 0.717) is 28.2 Å². The molecule has 0 fully saturated rings. The van der Waals surface area contributed by atoms with Crippen LogP contribution in [-0.2, 0) is 4.79 Å². The normalized spacial score (nSPS) is 15.4. The number of nitrogens with one attached hydrogen (secondary N) is 1. The van der Waals surface area contributed by atoms with Gasteiger partial charge < -0.3 is 4.98 Å². The van der Waals surface area contributed by atoms with Gasteiger partial charge >= 0.3 is 0 Å². The van der Waals surface area contributed by atoms with E-state index in [-0.39, 0.29) is 11.5 Å². The summed E-state index contributed by atoms with van der Waals surface area (Å²) in [4.78, 5) is 38.2. The number of hydrogen-bond acceptors (Lipinski definition) is 5. The third-order valence-electron chi connectivity index (χ3n) is 6.46. The Labute approximate surface area is 211 Å². The Hall–Kier alpha value is -4.36. The number of aromatic nitrogens is 3. The molecule has 7 nitrogen and oxygen atoms in total. The molecule has 0 bridgehead atoms. The van der Waals surface area contributed by atoms with Gasteiger partial charge in [0.2, 0.25) is 5.91 Å². The summed E-state index contributed by atoms with van der Waals surface area (Å²) >= 11 is 6.16. The van der Waals surface area contributed by atoms with Gasteiger partial charge in [-0.3, -0.25) is 19.6 Å². The summed E-state index contributed by atoms with van der Waals surface area (Å²) in [6, 6.07) is 20.3. The average Bonchev–Trinajstić information content (AvgIpc) is 3.33. The van der Waals surface area contributed by atoms with Crippen molar-refractivity contribution in [3.8, 4) is 11.1 Å². The van der Waals surface area contributed by atoms with Gasteiger partial charge in [-0.25, -0.2) is 5.01 Å². The summed E-state index contributed by atoms with van der Waals surface area (Å²) < 4.78 is 0. The highest BCUT2D eigenvalue weighted by molar-refractivity contribution is 6.30. The number of halogens is 1. The molecule has 0 saturated carbocycles. The fourth-order valence-corrected chi connectivity index (χ4v) is 5.04. The third-order valence-corrected chi connectivity index (χ3v) is 6.72. The van der Waals surface area contributed by atoms with Crippen LogP contribution in [0.2, 0.25) is 5.02 Å². The zero-order chi connectivity index (χ0) is 24.8. The molecule has 36 heavy (non-hydrogen) atoms. The summed E-state index contributed by atoms with van der Waals surface area (Å²) in [6.07, 6.45) is 3.63. The molecule has 1 N–H and O–H groups in total. The van der Waals surface area contributed by atoms with Gasteiger partial charge in [-0.2, -0.15) is 5.10 Å². The van der Waals surface area contributed by atoms with E-state index in [2.05, 4.69) is 15.0 Å². The molecule has 0 unspecified atom stereocenters. The molecule has 1 atom stereocenters. The van der Waals surface area contributed by atoms with Gasteiger partial charge in [0.05, 0.1) is 28.4 Å². The van der Waals surface area contributed by atoms with Crippen molar-refractivity contribution in [3.05, 3.63) is 106 Å². The fraction of sp³-hybridized carbons (Fsp3) is 0.107. The number of nitrogens with zero attached hydrogens (tertiary/aromatic N) is 4. The van der Waals surface area contributed by atoms with Crippen molar-refractivity contribution < 1.29 is 4.79 Å². The van der Waals surface area contributed by atoms with Crippen LogP contribution in [0.4, 0.5) is 0 Å². The number of benzene rings is 3. The highest BCUT2D eigenvalue weighted by atomic mass is 35.5. The Balaban J connectivity index is 1.57. The van der Waals surface area contributed by atoms with E-state index < -0.39 is 6.04 Å². The number of para-hydroxylation sites is 2. The van der Waals surface area contributed by atoms with Crippen molar-refractivity contribution in [1.29, 1.82) is 0 Å². The Morgan fingerprint density at radius 3 is 2.56 bits per heavy atom. The summed E-state index contributed by atoms with van der Waals surface area (Å²) in [5.41, 5.74) is 5.30. The Morgan fingerprint density at radius 1 is 0.972 bits per heavy atom. The molecule has 1 aliphatic rings. The second-order valence-electron chi connectivity index (χ2n) is 8.66. The number of fused-ring (bicyclic) bond motifs is 2. The Bertz CT molecular complexity index is 1740. The minimum Gasteiger partial charge on any atom is -0.321 e. The molecule has 2 aromatic heterocycles. The predicted molar refractivity (Wildman–Crippen MR) is 141 cm³/mol. The first kappa shape index (κ1) is 22.1. The second-order valence-corrected chi connectivity index (χ2v) is 9.09. The van der Waals surface area contributed by atoms with Crippen molar-refractivity contribution in [1.82, 2.24) is 20.0 Å². The van der Waals surface area contributed by atoms with Crippen LogP contribution in [0.15, 0.2) is 89.0 Å². The number of aromatic amines is 1. The fourth-order valence-electron chi connectivity index (χ4n) is 4.91. The summed E-state index contributed by atoms with van der Waals surface area (Å²) in [6.45, 7) is 1.47. The summed E-state index contributed by atoms with van der Waals surface area (Å²) in [7, 11) is 0. The number of hydrazone groups is 1. The lowest BCUT2D eigenvalue weighted by Crippen LogP contribution is -2.24. The molecule has 0 saturated heterocycles. The topological polar surface area (TPSA) is 91.3 Å². The first-order valence-electron chi connectivity index (χ1n) is 11.5. The zero-order valence-corrected chi connectivity index (χ0v) is 20.0. The molecule has 3 aromatic carbocycles. The van der Waals surface area contributed by atoms with Crippen LogP contribution < -0.4 is 5.56 Å². The maximum atomic E-state index is 13.5. The van der Waals surface area contributed by atoms with Crippen molar-refractivity contribution in [3.63, 3.8) is 0 Å². The minimum atomic E-state index is -0.415. The van der Waals surface area contributed by atoms with E-state index in [9.17, 15) is 9.59 Å². The number of rotatable bonds is 3. The molecule has 0 radical (unpaired) electrons.